The lowest BCUT2D eigenvalue weighted by Gasteiger charge is -2.25. The highest BCUT2D eigenvalue weighted by Crippen LogP contribution is 2.30. The van der Waals surface area contributed by atoms with Crippen LogP contribution < -0.4 is 10.6 Å². The first kappa shape index (κ1) is 15.3. The van der Waals surface area contributed by atoms with Gasteiger partial charge in [0.25, 0.3) is 0 Å². The molecule has 1 aromatic heterocycles. The third-order valence-corrected chi connectivity index (χ3v) is 3.54. The number of aryl methyl sites for hydroxylation is 2. The molecule has 1 heterocycles. The number of phenolic OH excluding ortho intramolecular Hbond substituents is 1. The molecule has 0 aliphatic carbocycles. The van der Waals surface area contributed by atoms with Gasteiger partial charge in [0, 0.05) is 29.6 Å². The second-order valence-corrected chi connectivity index (χ2v) is 5.37. The second kappa shape index (κ2) is 6.10. The van der Waals surface area contributed by atoms with E-state index in [2.05, 4.69) is 4.98 Å². The topological polar surface area (TPSA) is 62.4 Å². The lowest BCUT2D eigenvalue weighted by atomic mass is 10.1. The van der Waals surface area contributed by atoms with E-state index in [1.165, 1.54) is 0 Å². The summed E-state index contributed by atoms with van der Waals surface area (Å²) in [5, 5.41) is 9.74. The summed E-state index contributed by atoms with van der Waals surface area (Å²) in [7, 11) is 0. The number of aromatic hydroxyl groups is 1. The van der Waals surface area contributed by atoms with Crippen LogP contribution in [0.5, 0.6) is 5.75 Å². The van der Waals surface area contributed by atoms with Crippen LogP contribution in [0.4, 0.5) is 11.5 Å². The zero-order valence-electron chi connectivity index (χ0n) is 12.4. The lowest BCUT2D eigenvalue weighted by Crippen LogP contribution is -2.20. The van der Waals surface area contributed by atoms with Gasteiger partial charge >= 0.3 is 0 Å². The summed E-state index contributed by atoms with van der Waals surface area (Å²) in [4.78, 5) is 6.95. The number of benzene rings is 1. The maximum Gasteiger partial charge on any atom is 0.133 e. The van der Waals surface area contributed by atoms with Gasteiger partial charge < -0.3 is 15.7 Å². The SMILES string of the molecule is CCN(c1cc(C(N)=S)cc(C)n1)c1cc(O)ccc1C. The Morgan fingerprint density at radius 2 is 2.00 bits per heavy atom. The molecular weight excluding hydrogens is 282 g/mol. The molecule has 0 fully saturated rings. The van der Waals surface area contributed by atoms with Crippen molar-refractivity contribution in [3.05, 3.63) is 47.2 Å². The van der Waals surface area contributed by atoms with Gasteiger partial charge in [-0.3, -0.25) is 0 Å². The minimum Gasteiger partial charge on any atom is -0.508 e. The molecule has 5 heteroatoms. The first-order chi connectivity index (χ1) is 9.92. The number of hydrogen-bond acceptors (Lipinski definition) is 4. The molecule has 0 aliphatic heterocycles. The number of phenols is 1. The Hall–Kier alpha value is -2.14. The summed E-state index contributed by atoms with van der Waals surface area (Å²) in [5.41, 5.74) is 9.36. The van der Waals surface area contributed by atoms with Crippen LogP contribution in [0.15, 0.2) is 30.3 Å². The van der Waals surface area contributed by atoms with Crippen molar-refractivity contribution in [1.82, 2.24) is 4.98 Å². The van der Waals surface area contributed by atoms with Crippen molar-refractivity contribution in [2.24, 2.45) is 5.73 Å². The first-order valence-corrected chi connectivity index (χ1v) is 7.19. The van der Waals surface area contributed by atoms with Gasteiger partial charge in [-0.1, -0.05) is 18.3 Å². The maximum atomic E-state index is 9.74. The molecule has 0 bridgehead atoms. The van der Waals surface area contributed by atoms with E-state index in [1.807, 2.05) is 43.9 Å². The van der Waals surface area contributed by atoms with Gasteiger partial charge in [-0.05, 0) is 44.5 Å². The van der Waals surface area contributed by atoms with E-state index >= 15 is 0 Å². The number of nitrogens with two attached hydrogens (primary N) is 1. The maximum absolute atomic E-state index is 9.74. The normalized spacial score (nSPS) is 10.4. The standard InChI is InChI=1S/C16H19N3OS/c1-4-19(14-9-13(20)6-5-10(14)2)15-8-12(16(17)21)7-11(3)18-15/h5-9,20H,4H2,1-3H3,(H2,17,21). The Kier molecular flexibility index (Phi) is 4.43. The van der Waals surface area contributed by atoms with Crippen molar-refractivity contribution in [3.63, 3.8) is 0 Å². The fourth-order valence-electron chi connectivity index (χ4n) is 2.28. The summed E-state index contributed by atoms with van der Waals surface area (Å²) >= 11 is 5.06. The van der Waals surface area contributed by atoms with Crippen LogP contribution in [0.1, 0.15) is 23.7 Å². The van der Waals surface area contributed by atoms with Crippen LogP contribution in [0.25, 0.3) is 0 Å². The van der Waals surface area contributed by atoms with Gasteiger partial charge in [0.15, 0.2) is 0 Å². The smallest absolute Gasteiger partial charge is 0.133 e. The zero-order chi connectivity index (χ0) is 15.6. The molecule has 1 aromatic carbocycles. The molecule has 4 nitrogen and oxygen atoms in total. The molecule has 0 saturated heterocycles. The van der Waals surface area contributed by atoms with Crippen LogP contribution in [0, 0.1) is 13.8 Å². The van der Waals surface area contributed by atoms with Gasteiger partial charge in [0.2, 0.25) is 0 Å². The van der Waals surface area contributed by atoms with Gasteiger partial charge in [-0.15, -0.1) is 0 Å². The lowest BCUT2D eigenvalue weighted by molar-refractivity contribution is 0.475. The zero-order valence-corrected chi connectivity index (χ0v) is 13.2. The average molecular weight is 301 g/mol. The van der Waals surface area contributed by atoms with Crippen LogP contribution in [-0.4, -0.2) is 21.6 Å². The largest absolute Gasteiger partial charge is 0.508 e. The Labute approximate surface area is 130 Å². The van der Waals surface area contributed by atoms with E-state index in [1.54, 1.807) is 12.1 Å². The molecule has 0 atom stereocenters. The summed E-state index contributed by atoms with van der Waals surface area (Å²) in [6.45, 7) is 6.67. The molecule has 0 saturated carbocycles. The average Bonchev–Trinajstić information content (AvgIpc) is 2.43. The molecule has 21 heavy (non-hydrogen) atoms. The monoisotopic (exact) mass is 301 g/mol. The van der Waals surface area contributed by atoms with E-state index in [-0.39, 0.29) is 5.75 Å². The number of hydrogen-bond donors (Lipinski definition) is 2. The Morgan fingerprint density at radius 1 is 1.29 bits per heavy atom. The highest BCUT2D eigenvalue weighted by atomic mass is 32.1. The molecule has 2 aromatic rings. The van der Waals surface area contributed by atoms with Crippen molar-refractivity contribution in [3.8, 4) is 5.75 Å². The molecule has 0 aliphatic rings. The Bertz CT molecular complexity index is 685. The second-order valence-electron chi connectivity index (χ2n) is 4.93. The van der Waals surface area contributed by atoms with Crippen molar-refractivity contribution in [1.29, 1.82) is 0 Å². The predicted octanol–water partition coefficient (Wildman–Crippen LogP) is 3.20. The van der Waals surface area contributed by atoms with Crippen molar-refractivity contribution < 1.29 is 5.11 Å². The van der Waals surface area contributed by atoms with E-state index in [9.17, 15) is 5.11 Å². The molecular formula is C16H19N3OS. The summed E-state index contributed by atoms with van der Waals surface area (Å²) in [6.07, 6.45) is 0. The Morgan fingerprint density at radius 3 is 2.62 bits per heavy atom. The summed E-state index contributed by atoms with van der Waals surface area (Å²) < 4.78 is 0. The molecule has 0 amide bonds. The first-order valence-electron chi connectivity index (χ1n) is 6.78. The highest BCUT2D eigenvalue weighted by molar-refractivity contribution is 7.80. The third-order valence-electron chi connectivity index (χ3n) is 3.30. The van der Waals surface area contributed by atoms with Crippen LogP contribution in [0.2, 0.25) is 0 Å². The molecule has 0 spiro atoms. The predicted molar refractivity (Wildman–Crippen MR) is 90.4 cm³/mol. The van der Waals surface area contributed by atoms with E-state index in [4.69, 9.17) is 18.0 Å². The number of nitrogens with zero attached hydrogens (tertiary/aromatic N) is 2. The molecule has 0 radical (unpaired) electrons. The van der Waals surface area contributed by atoms with E-state index in [0.717, 1.165) is 34.9 Å². The number of rotatable bonds is 4. The molecule has 0 unspecified atom stereocenters. The van der Waals surface area contributed by atoms with E-state index < -0.39 is 0 Å². The van der Waals surface area contributed by atoms with E-state index in [0.29, 0.717) is 4.99 Å². The van der Waals surface area contributed by atoms with Crippen molar-refractivity contribution >= 4 is 28.7 Å². The summed E-state index contributed by atoms with van der Waals surface area (Å²) in [6, 6.07) is 9.05. The minimum absolute atomic E-state index is 0.233. The highest BCUT2D eigenvalue weighted by Gasteiger charge is 2.14. The minimum atomic E-state index is 0.233. The van der Waals surface area contributed by atoms with Gasteiger partial charge in [-0.25, -0.2) is 4.98 Å². The van der Waals surface area contributed by atoms with Crippen LogP contribution >= 0.6 is 12.2 Å². The molecule has 3 N–H and O–H groups in total. The number of thiocarbonyl (C=S) groups is 1. The van der Waals surface area contributed by atoms with Gasteiger partial charge in [-0.2, -0.15) is 0 Å². The Balaban J connectivity index is 2.56. The van der Waals surface area contributed by atoms with Gasteiger partial charge in [0.05, 0.1) is 0 Å². The van der Waals surface area contributed by atoms with Crippen molar-refractivity contribution in [2.45, 2.75) is 20.8 Å². The number of anilines is 2. The third kappa shape index (κ3) is 3.31. The summed E-state index contributed by atoms with van der Waals surface area (Å²) in [5.74, 6) is 1.00. The molecule has 2 rings (SSSR count). The quantitative estimate of drug-likeness (QED) is 0.849. The van der Waals surface area contributed by atoms with Gasteiger partial charge in [0.1, 0.15) is 16.6 Å². The van der Waals surface area contributed by atoms with Crippen molar-refractivity contribution in [2.75, 3.05) is 11.4 Å². The molecule has 110 valence electrons. The number of pyridine rings is 1. The number of aromatic nitrogens is 1. The van der Waals surface area contributed by atoms with Crippen LogP contribution in [-0.2, 0) is 0 Å². The fraction of sp³-hybridized carbons (Fsp3) is 0.250. The fourth-order valence-corrected chi connectivity index (χ4v) is 2.39. The van der Waals surface area contributed by atoms with Crippen LogP contribution in [0.3, 0.4) is 0 Å².